The van der Waals surface area contributed by atoms with Crippen molar-refractivity contribution in [1.82, 2.24) is 25.3 Å². The van der Waals surface area contributed by atoms with E-state index in [0.29, 0.717) is 54.1 Å². The third-order valence-corrected chi connectivity index (χ3v) is 5.45. The molecule has 0 aliphatic heterocycles. The van der Waals surface area contributed by atoms with Crippen LogP contribution in [-0.4, -0.2) is 57.0 Å². The number of carbonyl (C=O) groups excluding carboxylic acids is 1. The van der Waals surface area contributed by atoms with E-state index in [2.05, 4.69) is 10.6 Å². The molecule has 0 bridgehead atoms. The SMILES string of the molecule is CCc1nn(CCN(C(=O)O)C(C)(C)C)c(CNCCNC(C)=O)c1Oc1cc(Cl)cc(Cl)c1. The number of nitrogens with one attached hydrogen (secondary N) is 2. The number of benzene rings is 1. The summed E-state index contributed by atoms with van der Waals surface area (Å²) in [6.07, 6.45) is -0.382. The van der Waals surface area contributed by atoms with Crippen molar-refractivity contribution in [2.75, 3.05) is 19.6 Å². The summed E-state index contributed by atoms with van der Waals surface area (Å²) in [6, 6.07) is 4.96. The fourth-order valence-corrected chi connectivity index (χ4v) is 3.90. The Hall–Kier alpha value is -2.49. The molecule has 11 heteroatoms. The van der Waals surface area contributed by atoms with E-state index in [0.717, 1.165) is 11.4 Å². The lowest BCUT2D eigenvalue weighted by atomic mass is 10.1. The van der Waals surface area contributed by atoms with E-state index < -0.39 is 11.6 Å². The highest BCUT2D eigenvalue weighted by Crippen LogP contribution is 2.33. The molecule has 2 aromatic rings. The number of hydrogen-bond donors (Lipinski definition) is 3. The number of rotatable bonds is 11. The number of hydrogen-bond acceptors (Lipinski definition) is 5. The van der Waals surface area contributed by atoms with Crippen LogP contribution in [0.3, 0.4) is 0 Å². The lowest BCUT2D eigenvalue weighted by Crippen LogP contribution is -2.46. The molecule has 0 saturated heterocycles. The van der Waals surface area contributed by atoms with Crippen molar-refractivity contribution in [3.63, 3.8) is 0 Å². The third kappa shape index (κ3) is 8.07. The molecule has 0 unspecified atom stereocenters. The minimum Gasteiger partial charge on any atom is -0.465 e. The van der Waals surface area contributed by atoms with Crippen LogP contribution in [0.25, 0.3) is 0 Å². The monoisotopic (exact) mass is 513 g/mol. The molecule has 3 N–H and O–H groups in total. The van der Waals surface area contributed by atoms with Gasteiger partial charge in [-0.15, -0.1) is 0 Å². The highest BCUT2D eigenvalue weighted by molar-refractivity contribution is 6.34. The zero-order valence-corrected chi connectivity index (χ0v) is 21.8. The largest absolute Gasteiger partial charge is 0.465 e. The topological polar surface area (TPSA) is 109 Å². The van der Waals surface area contributed by atoms with Crippen molar-refractivity contribution in [2.45, 2.75) is 59.7 Å². The Balaban J connectivity index is 2.35. The van der Waals surface area contributed by atoms with Crippen LogP contribution in [0.5, 0.6) is 11.5 Å². The molecule has 0 atom stereocenters. The number of carbonyl (C=O) groups is 2. The van der Waals surface area contributed by atoms with Gasteiger partial charge in [0.05, 0.1) is 12.2 Å². The minimum absolute atomic E-state index is 0.0992. The second-order valence-electron chi connectivity index (χ2n) is 8.77. The van der Waals surface area contributed by atoms with Gasteiger partial charge < -0.3 is 25.4 Å². The maximum Gasteiger partial charge on any atom is 0.407 e. The first-order valence-electron chi connectivity index (χ1n) is 11.1. The second kappa shape index (κ2) is 12.3. The fourth-order valence-electron chi connectivity index (χ4n) is 3.39. The first-order chi connectivity index (χ1) is 15.9. The fraction of sp³-hybridized carbons (Fsp3) is 0.522. The Morgan fingerprint density at radius 1 is 1.18 bits per heavy atom. The molecule has 188 valence electrons. The van der Waals surface area contributed by atoms with E-state index in [1.54, 1.807) is 22.9 Å². The van der Waals surface area contributed by atoms with Gasteiger partial charge in [-0.1, -0.05) is 30.1 Å². The van der Waals surface area contributed by atoms with Crippen LogP contribution >= 0.6 is 23.2 Å². The molecule has 0 saturated carbocycles. The van der Waals surface area contributed by atoms with Crippen LogP contribution in [-0.2, 0) is 24.3 Å². The summed E-state index contributed by atoms with van der Waals surface area (Å²) in [5.74, 6) is 0.955. The highest BCUT2D eigenvalue weighted by atomic mass is 35.5. The Morgan fingerprint density at radius 2 is 1.82 bits per heavy atom. The van der Waals surface area contributed by atoms with Crippen LogP contribution < -0.4 is 15.4 Å². The summed E-state index contributed by atoms with van der Waals surface area (Å²) in [5, 5.41) is 21.3. The molecular weight excluding hydrogens is 481 g/mol. The van der Waals surface area contributed by atoms with Gasteiger partial charge in [0.15, 0.2) is 5.75 Å². The van der Waals surface area contributed by atoms with Crippen LogP contribution in [0.2, 0.25) is 10.0 Å². The Labute approximate surface area is 210 Å². The van der Waals surface area contributed by atoms with Gasteiger partial charge in [0, 0.05) is 48.7 Å². The molecule has 2 amide bonds. The first kappa shape index (κ1) is 27.8. The lowest BCUT2D eigenvalue weighted by Gasteiger charge is -2.33. The minimum atomic E-state index is -0.990. The zero-order chi connectivity index (χ0) is 25.5. The van der Waals surface area contributed by atoms with E-state index in [9.17, 15) is 14.7 Å². The van der Waals surface area contributed by atoms with Crippen molar-refractivity contribution in [3.05, 3.63) is 39.6 Å². The molecule has 9 nitrogen and oxygen atoms in total. The van der Waals surface area contributed by atoms with Gasteiger partial charge in [-0.25, -0.2) is 4.79 Å². The van der Waals surface area contributed by atoms with Crippen molar-refractivity contribution in [2.24, 2.45) is 0 Å². The summed E-state index contributed by atoms with van der Waals surface area (Å²) in [4.78, 5) is 24.3. The van der Waals surface area contributed by atoms with Crippen LogP contribution in [0, 0.1) is 0 Å². The van der Waals surface area contributed by atoms with Crippen molar-refractivity contribution in [3.8, 4) is 11.5 Å². The smallest absolute Gasteiger partial charge is 0.407 e. The van der Waals surface area contributed by atoms with Gasteiger partial charge >= 0.3 is 6.09 Å². The Morgan fingerprint density at radius 3 is 2.35 bits per heavy atom. The van der Waals surface area contributed by atoms with Gasteiger partial charge in [-0.05, 0) is 45.4 Å². The van der Waals surface area contributed by atoms with Crippen LogP contribution in [0.1, 0.15) is 46.0 Å². The molecule has 1 heterocycles. The maximum atomic E-state index is 11.8. The van der Waals surface area contributed by atoms with Crippen LogP contribution in [0.15, 0.2) is 18.2 Å². The van der Waals surface area contributed by atoms with Gasteiger partial charge in [0.1, 0.15) is 11.4 Å². The average molecular weight is 514 g/mol. The maximum absolute atomic E-state index is 11.8. The van der Waals surface area contributed by atoms with Crippen molar-refractivity contribution < 1.29 is 19.4 Å². The standard InChI is InChI=1S/C23H33Cl2N5O4/c1-6-19-21(34-18-12-16(24)11-17(25)13-18)20(14-26-7-8-27-15(2)31)30(28-19)10-9-29(22(32)33)23(3,4)5/h11-13,26H,6-10,14H2,1-5H3,(H,27,31)(H,32,33). The average Bonchev–Trinajstić information content (AvgIpc) is 3.02. The summed E-state index contributed by atoms with van der Waals surface area (Å²) in [5.41, 5.74) is 0.933. The highest BCUT2D eigenvalue weighted by Gasteiger charge is 2.27. The predicted octanol–water partition coefficient (Wildman–Crippen LogP) is 4.55. The van der Waals surface area contributed by atoms with Gasteiger partial charge in [-0.2, -0.15) is 5.10 Å². The van der Waals surface area contributed by atoms with E-state index >= 15 is 0 Å². The predicted molar refractivity (Wildman–Crippen MR) is 133 cm³/mol. The molecule has 0 spiro atoms. The molecule has 0 radical (unpaired) electrons. The third-order valence-electron chi connectivity index (χ3n) is 5.01. The first-order valence-corrected chi connectivity index (χ1v) is 11.9. The molecular formula is C23H33Cl2N5O4. The van der Waals surface area contributed by atoms with Gasteiger partial charge in [0.2, 0.25) is 5.91 Å². The van der Waals surface area contributed by atoms with Crippen LogP contribution in [0.4, 0.5) is 4.79 Å². The summed E-state index contributed by atoms with van der Waals surface area (Å²) >= 11 is 12.3. The van der Waals surface area contributed by atoms with E-state index in [1.165, 1.54) is 11.8 Å². The summed E-state index contributed by atoms with van der Waals surface area (Å²) in [6.45, 7) is 11.0. The zero-order valence-electron chi connectivity index (χ0n) is 20.2. The molecule has 2 rings (SSSR count). The molecule has 0 aliphatic rings. The van der Waals surface area contributed by atoms with E-state index in [-0.39, 0.29) is 12.5 Å². The number of ether oxygens (including phenoxy) is 1. The molecule has 1 aromatic heterocycles. The number of nitrogens with zero attached hydrogens (tertiary/aromatic N) is 3. The normalized spacial score (nSPS) is 11.4. The quantitative estimate of drug-likeness (QED) is 0.380. The Kier molecular flexibility index (Phi) is 10.0. The molecule has 0 fully saturated rings. The molecule has 1 aromatic carbocycles. The summed E-state index contributed by atoms with van der Waals surface area (Å²) in [7, 11) is 0. The van der Waals surface area contributed by atoms with Crippen molar-refractivity contribution in [1.29, 1.82) is 0 Å². The number of amides is 2. The second-order valence-corrected chi connectivity index (χ2v) is 9.64. The van der Waals surface area contributed by atoms with Gasteiger partial charge in [-0.3, -0.25) is 9.48 Å². The van der Waals surface area contributed by atoms with Crippen molar-refractivity contribution >= 4 is 35.2 Å². The Bertz CT molecular complexity index is 984. The molecule has 34 heavy (non-hydrogen) atoms. The summed E-state index contributed by atoms with van der Waals surface area (Å²) < 4.78 is 7.97. The number of aromatic nitrogens is 2. The number of carboxylic acid groups (broad SMARTS) is 1. The number of aryl methyl sites for hydroxylation is 1. The lowest BCUT2D eigenvalue weighted by molar-refractivity contribution is -0.118. The van der Waals surface area contributed by atoms with E-state index in [1.807, 2.05) is 27.7 Å². The van der Waals surface area contributed by atoms with E-state index in [4.69, 9.17) is 33.0 Å². The number of halogens is 2. The molecule has 0 aliphatic carbocycles. The van der Waals surface area contributed by atoms with Gasteiger partial charge in [0.25, 0.3) is 0 Å².